The number of amidine groups is 1. The van der Waals surface area contributed by atoms with Gasteiger partial charge in [-0.15, -0.1) is 0 Å². The van der Waals surface area contributed by atoms with E-state index in [0.29, 0.717) is 0 Å². The fourth-order valence-corrected chi connectivity index (χ4v) is 0.312. The van der Waals surface area contributed by atoms with Crippen LogP contribution in [-0.4, -0.2) is 30.3 Å². The van der Waals surface area contributed by atoms with Crippen LogP contribution in [0, 0.1) is 5.41 Å². The molecule has 0 aliphatic rings. The maximum Gasteiger partial charge on any atom is 1.00 e. The van der Waals surface area contributed by atoms with Gasteiger partial charge < -0.3 is 14.8 Å². The van der Waals surface area contributed by atoms with Crippen molar-refractivity contribution in [2.75, 3.05) is 13.6 Å². The van der Waals surface area contributed by atoms with E-state index in [1.54, 1.807) is 0 Å². The number of nitrogens with one attached hydrogen (secondary N) is 1. The maximum atomic E-state index is 9.86. The quantitative estimate of drug-likeness (QED) is 0.373. The molecule has 0 aliphatic heterocycles. The molecule has 4 nitrogen and oxygen atoms in total. The predicted octanol–water partition coefficient (Wildman–Crippen LogP) is -4.33. The number of carboxylic acids is 1. The maximum absolute atomic E-state index is 9.86. The van der Waals surface area contributed by atoms with Gasteiger partial charge in [-0.25, -0.2) is 0 Å². The standard InChI is InChI=1S/C5H10N2O2.Rb/c1-4(6)7(2)3-5(8)9;/h6H,3H2,1-2H3,(H,8,9);/q;+1/p-1. The van der Waals surface area contributed by atoms with Crippen molar-refractivity contribution in [1.82, 2.24) is 4.90 Å². The molecule has 0 aromatic heterocycles. The number of aliphatic carboxylic acids is 1. The van der Waals surface area contributed by atoms with Gasteiger partial charge >= 0.3 is 58.2 Å². The molecule has 0 heterocycles. The van der Waals surface area contributed by atoms with Gasteiger partial charge in [0, 0.05) is 7.05 Å². The second kappa shape index (κ2) is 6.46. The monoisotopic (exact) mass is 214 g/mol. The molecule has 0 radical (unpaired) electrons. The van der Waals surface area contributed by atoms with Gasteiger partial charge in [-0.1, -0.05) is 0 Å². The third-order valence-electron chi connectivity index (χ3n) is 0.939. The Kier molecular flexibility index (Phi) is 8.61. The second-order valence-corrected chi connectivity index (χ2v) is 1.81. The first-order valence-corrected chi connectivity index (χ1v) is 2.50. The fourth-order valence-electron chi connectivity index (χ4n) is 0.312. The first-order chi connectivity index (χ1) is 4.04. The Morgan fingerprint density at radius 3 is 2.20 bits per heavy atom. The number of carbonyl (C=O) groups is 1. The number of rotatable bonds is 2. The third kappa shape index (κ3) is 6.86. The average molecular weight is 215 g/mol. The summed E-state index contributed by atoms with van der Waals surface area (Å²) in [6.45, 7) is 1.30. The number of nitrogens with zero attached hydrogens (tertiary/aromatic N) is 1. The van der Waals surface area contributed by atoms with E-state index in [2.05, 4.69) is 0 Å². The van der Waals surface area contributed by atoms with E-state index < -0.39 is 5.97 Å². The Hall–Kier alpha value is 0.745. The van der Waals surface area contributed by atoms with Gasteiger partial charge in [-0.05, 0) is 6.92 Å². The Labute approximate surface area is 109 Å². The van der Waals surface area contributed by atoms with Gasteiger partial charge in [-0.2, -0.15) is 0 Å². The summed E-state index contributed by atoms with van der Waals surface area (Å²) in [4.78, 5) is 11.2. The summed E-state index contributed by atoms with van der Waals surface area (Å²) in [6, 6.07) is 0. The third-order valence-corrected chi connectivity index (χ3v) is 0.939. The van der Waals surface area contributed by atoms with Crippen molar-refractivity contribution < 1.29 is 68.1 Å². The number of carboxylic acid groups (broad SMARTS) is 1. The van der Waals surface area contributed by atoms with E-state index in [1.165, 1.54) is 18.9 Å². The zero-order chi connectivity index (χ0) is 7.44. The number of hydrogen-bond acceptors (Lipinski definition) is 3. The molecule has 52 valence electrons. The minimum absolute atomic E-state index is 0. The van der Waals surface area contributed by atoms with E-state index in [-0.39, 0.29) is 70.6 Å². The molecule has 0 aromatic carbocycles. The molecule has 0 aromatic rings. The molecule has 10 heavy (non-hydrogen) atoms. The Morgan fingerprint density at radius 1 is 1.70 bits per heavy atom. The van der Waals surface area contributed by atoms with E-state index in [1.807, 2.05) is 0 Å². The van der Waals surface area contributed by atoms with Crippen LogP contribution in [0.25, 0.3) is 0 Å². The molecule has 0 aliphatic carbocycles. The minimum Gasteiger partial charge on any atom is -0.548 e. The molecule has 0 amide bonds. The summed E-state index contributed by atoms with van der Waals surface area (Å²) in [5.41, 5.74) is 0. The predicted molar refractivity (Wildman–Crippen MR) is 31.0 cm³/mol. The normalized spacial score (nSPS) is 7.80. The van der Waals surface area contributed by atoms with E-state index in [0.717, 1.165) is 0 Å². The molecule has 5 heteroatoms. The van der Waals surface area contributed by atoms with E-state index >= 15 is 0 Å². The summed E-state index contributed by atoms with van der Waals surface area (Å²) in [5.74, 6) is -0.941. The van der Waals surface area contributed by atoms with Crippen LogP contribution in [0.2, 0.25) is 0 Å². The van der Waals surface area contributed by atoms with Crippen molar-refractivity contribution in [3.8, 4) is 0 Å². The molecule has 0 rings (SSSR count). The van der Waals surface area contributed by atoms with Crippen LogP contribution in [0.5, 0.6) is 0 Å². The van der Waals surface area contributed by atoms with Crippen molar-refractivity contribution >= 4 is 11.8 Å². The molecule has 0 saturated carbocycles. The Morgan fingerprint density at radius 2 is 2.10 bits per heavy atom. The van der Waals surface area contributed by atoms with Crippen molar-refractivity contribution in [2.45, 2.75) is 6.92 Å². The summed E-state index contributed by atoms with van der Waals surface area (Å²) < 4.78 is 0. The van der Waals surface area contributed by atoms with Gasteiger partial charge in [0.2, 0.25) is 0 Å². The van der Waals surface area contributed by atoms with Crippen LogP contribution >= 0.6 is 0 Å². The van der Waals surface area contributed by atoms with Crippen LogP contribution in [-0.2, 0) is 4.79 Å². The van der Waals surface area contributed by atoms with Crippen molar-refractivity contribution in [2.24, 2.45) is 0 Å². The van der Waals surface area contributed by atoms with E-state index in [9.17, 15) is 9.90 Å². The van der Waals surface area contributed by atoms with Crippen molar-refractivity contribution in [3.05, 3.63) is 0 Å². The first kappa shape index (κ1) is 13.3. The van der Waals surface area contributed by atoms with E-state index in [4.69, 9.17) is 5.41 Å². The molecule has 0 bridgehead atoms. The van der Waals surface area contributed by atoms with Crippen LogP contribution in [0.15, 0.2) is 0 Å². The zero-order valence-electron chi connectivity index (χ0n) is 6.47. The molecular weight excluding hydrogens is 206 g/mol. The van der Waals surface area contributed by atoms with Gasteiger partial charge in [0.1, 0.15) is 0 Å². The molecule has 1 N–H and O–H groups in total. The fraction of sp³-hybridized carbons (Fsp3) is 0.600. The molecular formula is C5H9N2O2Rb. The summed E-state index contributed by atoms with van der Waals surface area (Å²) in [6.07, 6.45) is 0. The Balaban J connectivity index is 0. The Bertz CT molecular complexity index is 138. The van der Waals surface area contributed by atoms with Gasteiger partial charge in [-0.3, -0.25) is 5.41 Å². The van der Waals surface area contributed by atoms with Crippen molar-refractivity contribution in [1.29, 1.82) is 5.41 Å². The summed E-state index contributed by atoms with van der Waals surface area (Å²) in [7, 11) is 1.53. The van der Waals surface area contributed by atoms with Crippen LogP contribution in [0.1, 0.15) is 6.92 Å². The van der Waals surface area contributed by atoms with Gasteiger partial charge in [0.05, 0.1) is 18.3 Å². The molecule has 0 fully saturated rings. The minimum atomic E-state index is -1.16. The smallest absolute Gasteiger partial charge is 0.548 e. The van der Waals surface area contributed by atoms with Gasteiger partial charge in [0.15, 0.2) is 0 Å². The van der Waals surface area contributed by atoms with Crippen LogP contribution in [0.4, 0.5) is 0 Å². The number of likely N-dealkylation sites (N-methyl/N-ethyl adjacent to an activating group) is 1. The SMILES string of the molecule is CC(=N)N(C)CC(=O)[O-].[Rb+]. The molecule has 0 unspecified atom stereocenters. The van der Waals surface area contributed by atoms with Crippen molar-refractivity contribution in [3.63, 3.8) is 0 Å². The molecule has 0 atom stereocenters. The van der Waals surface area contributed by atoms with Crippen LogP contribution in [0.3, 0.4) is 0 Å². The van der Waals surface area contributed by atoms with Crippen LogP contribution < -0.4 is 63.3 Å². The van der Waals surface area contributed by atoms with Gasteiger partial charge in [0.25, 0.3) is 0 Å². The summed E-state index contributed by atoms with van der Waals surface area (Å²) in [5, 5.41) is 16.8. The number of carbonyl (C=O) groups excluding carboxylic acids is 1. The molecule has 0 spiro atoms. The first-order valence-electron chi connectivity index (χ1n) is 2.50. The zero-order valence-corrected chi connectivity index (χ0v) is 11.4. The second-order valence-electron chi connectivity index (χ2n) is 1.81. The summed E-state index contributed by atoms with van der Waals surface area (Å²) >= 11 is 0. The largest absolute Gasteiger partial charge is 1.00 e. The topological polar surface area (TPSA) is 67.2 Å². The number of hydrogen-bond donors (Lipinski definition) is 1. The average Bonchev–Trinajstić information content (AvgIpc) is 1.63. The molecule has 0 saturated heterocycles.